The van der Waals surface area contributed by atoms with Gasteiger partial charge in [0.1, 0.15) is 29.3 Å². The zero-order valence-corrected chi connectivity index (χ0v) is 15.5. The first-order chi connectivity index (χ1) is 14.1. The molecule has 146 valence electrons. The van der Waals surface area contributed by atoms with Crippen LogP contribution in [-0.4, -0.2) is 30.8 Å². The molecule has 4 rings (SSSR count). The Morgan fingerprint density at radius 3 is 2.83 bits per heavy atom. The van der Waals surface area contributed by atoms with Gasteiger partial charge in [0, 0.05) is 24.2 Å². The molecule has 0 unspecified atom stereocenters. The summed E-state index contributed by atoms with van der Waals surface area (Å²) in [4.78, 5) is 20.2. The molecular formula is C20H17FN6O2. The maximum Gasteiger partial charge on any atom is 0.225 e. The van der Waals surface area contributed by atoms with Crippen LogP contribution in [0, 0.1) is 5.82 Å². The predicted molar refractivity (Wildman–Crippen MR) is 103 cm³/mol. The van der Waals surface area contributed by atoms with E-state index in [1.807, 2.05) is 0 Å². The van der Waals surface area contributed by atoms with E-state index in [9.17, 15) is 9.18 Å². The van der Waals surface area contributed by atoms with E-state index in [0.29, 0.717) is 40.7 Å². The minimum Gasteiger partial charge on any atom is -0.364 e. The quantitative estimate of drug-likeness (QED) is 0.539. The number of amides is 1. The molecule has 0 spiro atoms. The van der Waals surface area contributed by atoms with Gasteiger partial charge >= 0.3 is 0 Å². The highest BCUT2D eigenvalue weighted by Crippen LogP contribution is 2.25. The van der Waals surface area contributed by atoms with Crippen LogP contribution in [0.2, 0.25) is 0 Å². The number of carbonyl (C=O) groups is 1. The number of halogens is 1. The average molecular weight is 392 g/mol. The van der Waals surface area contributed by atoms with E-state index in [2.05, 4.69) is 25.5 Å². The minimum atomic E-state index is -0.323. The minimum absolute atomic E-state index is 0.150. The van der Waals surface area contributed by atoms with Crippen LogP contribution in [0.4, 0.5) is 10.2 Å². The van der Waals surface area contributed by atoms with E-state index in [0.717, 1.165) is 0 Å². The molecule has 1 aromatic carbocycles. The third kappa shape index (κ3) is 4.03. The molecule has 1 amide bonds. The number of rotatable bonds is 6. The van der Waals surface area contributed by atoms with E-state index in [-0.39, 0.29) is 18.3 Å². The molecule has 3 heterocycles. The van der Waals surface area contributed by atoms with E-state index in [1.54, 1.807) is 54.2 Å². The Labute approximate surface area is 165 Å². The molecule has 0 saturated heterocycles. The van der Waals surface area contributed by atoms with Gasteiger partial charge in [-0.25, -0.2) is 14.4 Å². The average Bonchev–Trinajstić information content (AvgIpc) is 3.40. The second-order valence-corrected chi connectivity index (χ2v) is 6.22. The number of benzene rings is 1. The van der Waals surface area contributed by atoms with Crippen molar-refractivity contribution in [3.63, 3.8) is 0 Å². The maximum atomic E-state index is 14.1. The number of nitrogens with zero attached hydrogens (tertiary/aromatic N) is 5. The third-order valence-electron chi connectivity index (χ3n) is 4.23. The van der Waals surface area contributed by atoms with Crippen LogP contribution in [-0.2, 0) is 11.3 Å². The summed E-state index contributed by atoms with van der Waals surface area (Å²) in [5.41, 5.74) is 2.13. The fourth-order valence-corrected chi connectivity index (χ4v) is 2.77. The van der Waals surface area contributed by atoms with Crippen LogP contribution in [0.15, 0.2) is 59.4 Å². The van der Waals surface area contributed by atoms with E-state index < -0.39 is 0 Å². The highest BCUT2D eigenvalue weighted by molar-refractivity contribution is 5.89. The normalized spacial score (nSPS) is 10.8. The Hall–Kier alpha value is -3.88. The molecule has 0 radical (unpaired) electrons. The second kappa shape index (κ2) is 8.01. The van der Waals surface area contributed by atoms with Gasteiger partial charge in [-0.1, -0.05) is 30.3 Å². The molecular weight excluding hydrogens is 375 g/mol. The fraction of sp³-hybridized carbons (Fsp3) is 0.150. The van der Waals surface area contributed by atoms with Crippen LogP contribution in [0.1, 0.15) is 18.9 Å². The number of hydrogen-bond acceptors (Lipinski definition) is 6. The third-order valence-corrected chi connectivity index (χ3v) is 4.23. The van der Waals surface area contributed by atoms with Crippen LogP contribution in [0.5, 0.6) is 0 Å². The largest absolute Gasteiger partial charge is 0.364 e. The molecule has 4 aromatic rings. The van der Waals surface area contributed by atoms with E-state index in [4.69, 9.17) is 4.52 Å². The summed E-state index contributed by atoms with van der Waals surface area (Å²) in [7, 11) is 0. The summed E-state index contributed by atoms with van der Waals surface area (Å²) in [5.74, 6) is 0.239. The Bertz CT molecular complexity index is 1140. The number of nitrogens with one attached hydrogen (secondary N) is 1. The van der Waals surface area contributed by atoms with Crippen molar-refractivity contribution in [1.82, 2.24) is 24.9 Å². The summed E-state index contributed by atoms with van der Waals surface area (Å²) >= 11 is 0. The molecule has 3 aromatic heterocycles. The Kier molecular flexibility index (Phi) is 5.10. The first-order valence-corrected chi connectivity index (χ1v) is 8.99. The highest BCUT2D eigenvalue weighted by atomic mass is 19.1. The van der Waals surface area contributed by atoms with Crippen LogP contribution < -0.4 is 5.32 Å². The molecule has 0 fully saturated rings. The highest BCUT2D eigenvalue weighted by Gasteiger charge is 2.17. The topological polar surface area (TPSA) is 98.7 Å². The van der Waals surface area contributed by atoms with Gasteiger partial charge in [0.2, 0.25) is 5.91 Å². The van der Waals surface area contributed by atoms with Gasteiger partial charge in [-0.15, -0.1) is 0 Å². The van der Waals surface area contributed by atoms with Crippen molar-refractivity contribution >= 4 is 11.7 Å². The summed E-state index contributed by atoms with van der Waals surface area (Å²) < 4.78 is 20.7. The molecule has 0 aliphatic carbocycles. The van der Waals surface area contributed by atoms with Crippen LogP contribution in [0.25, 0.3) is 22.9 Å². The number of aromatic nitrogens is 5. The van der Waals surface area contributed by atoms with Gasteiger partial charge < -0.3 is 9.84 Å². The lowest BCUT2D eigenvalue weighted by atomic mass is 10.2. The van der Waals surface area contributed by atoms with Gasteiger partial charge in [-0.05, 0) is 18.2 Å². The Morgan fingerprint density at radius 2 is 2.07 bits per heavy atom. The van der Waals surface area contributed by atoms with Gasteiger partial charge in [0.05, 0.1) is 12.2 Å². The van der Waals surface area contributed by atoms with Crippen molar-refractivity contribution in [3.05, 3.63) is 66.3 Å². The van der Waals surface area contributed by atoms with Gasteiger partial charge in [-0.2, -0.15) is 5.10 Å². The van der Waals surface area contributed by atoms with Crippen molar-refractivity contribution in [2.75, 3.05) is 5.32 Å². The molecule has 29 heavy (non-hydrogen) atoms. The van der Waals surface area contributed by atoms with E-state index >= 15 is 0 Å². The standard InChI is InChI=1S/C20H17FN6O2/c1-2-19(28)23-18-7-9-22-20(24-18)16-11-17(15-8-10-29-26-15)27(25-16)12-13-5-3-4-6-14(13)21/h3-11H,2,12H2,1H3,(H,22,23,24,28). The Balaban J connectivity index is 1.73. The summed E-state index contributed by atoms with van der Waals surface area (Å²) in [6, 6.07) is 11.5. The zero-order valence-electron chi connectivity index (χ0n) is 15.5. The van der Waals surface area contributed by atoms with Crippen molar-refractivity contribution in [1.29, 1.82) is 0 Å². The SMILES string of the molecule is CCC(=O)Nc1ccnc(-c2cc(-c3ccon3)n(Cc3ccccc3F)n2)n1. The first kappa shape index (κ1) is 18.5. The molecule has 0 saturated carbocycles. The van der Waals surface area contributed by atoms with Crippen LogP contribution >= 0.6 is 0 Å². The number of hydrogen-bond donors (Lipinski definition) is 1. The maximum absolute atomic E-state index is 14.1. The molecule has 9 heteroatoms. The van der Waals surface area contributed by atoms with Gasteiger partial charge in [-0.3, -0.25) is 9.48 Å². The lowest BCUT2D eigenvalue weighted by Gasteiger charge is -2.06. The Morgan fingerprint density at radius 1 is 1.21 bits per heavy atom. The smallest absolute Gasteiger partial charge is 0.225 e. The predicted octanol–water partition coefficient (Wildman–Crippen LogP) is 3.53. The van der Waals surface area contributed by atoms with Crippen molar-refractivity contribution in [2.45, 2.75) is 19.9 Å². The summed E-state index contributed by atoms with van der Waals surface area (Å²) in [6.45, 7) is 1.95. The van der Waals surface area contributed by atoms with Crippen LogP contribution in [0.3, 0.4) is 0 Å². The molecule has 0 bridgehead atoms. The monoisotopic (exact) mass is 392 g/mol. The van der Waals surface area contributed by atoms with Gasteiger partial charge in [0.25, 0.3) is 0 Å². The number of carbonyl (C=O) groups excluding carboxylic acids is 1. The molecule has 8 nitrogen and oxygen atoms in total. The molecule has 0 aliphatic heterocycles. The summed E-state index contributed by atoms with van der Waals surface area (Å²) in [5, 5.41) is 11.2. The zero-order chi connectivity index (χ0) is 20.2. The lowest BCUT2D eigenvalue weighted by Crippen LogP contribution is -2.11. The van der Waals surface area contributed by atoms with Crippen molar-refractivity contribution in [3.8, 4) is 22.9 Å². The molecule has 0 aliphatic rings. The molecule has 1 N–H and O–H groups in total. The van der Waals surface area contributed by atoms with Crippen molar-refractivity contribution in [2.24, 2.45) is 0 Å². The van der Waals surface area contributed by atoms with Gasteiger partial charge in [0.15, 0.2) is 5.82 Å². The molecule has 0 atom stereocenters. The van der Waals surface area contributed by atoms with Crippen molar-refractivity contribution < 1.29 is 13.7 Å². The second-order valence-electron chi connectivity index (χ2n) is 6.22. The lowest BCUT2D eigenvalue weighted by molar-refractivity contribution is -0.115. The van der Waals surface area contributed by atoms with E-state index in [1.165, 1.54) is 12.3 Å². The number of anilines is 1. The summed E-state index contributed by atoms with van der Waals surface area (Å²) in [6.07, 6.45) is 3.33. The first-order valence-electron chi connectivity index (χ1n) is 8.99. The fourth-order valence-electron chi connectivity index (χ4n) is 2.77.